The molecule has 12 heteroatoms. The number of carboxylic acids is 1. The fourth-order valence-corrected chi connectivity index (χ4v) is 4.76. The second kappa shape index (κ2) is 9.65. The fourth-order valence-electron chi connectivity index (χ4n) is 3.92. The van der Waals surface area contributed by atoms with Gasteiger partial charge in [0, 0.05) is 30.9 Å². The first-order valence-corrected chi connectivity index (χ1v) is 11.6. The minimum absolute atomic E-state index is 0.161. The molecule has 0 unspecified atom stereocenters. The molecule has 0 radical (unpaired) electrons. The van der Waals surface area contributed by atoms with Crippen LogP contribution in [0.5, 0.6) is 0 Å². The lowest BCUT2D eigenvalue weighted by Gasteiger charge is -2.52. The van der Waals surface area contributed by atoms with Crippen LogP contribution in [0.4, 0.5) is 13.2 Å². The molecule has 8 nitrogen and oxygen atoms in total. The van der Waals surface area contributed by atoms with E-state index in [4.69, 9.17) is 9.90 Å². The second-order valence-electron chi connectivity index (χ2n) is 7.91. The molecule has 172 valence electrons. The second-order valence-corrected chi connectivity index (χ2v) is 9.95. The van der Waals surface area contributed by atoms with E-state index >= 15 is 0 Å². The van der Waals surface area contributed by atoms with Crippen LogP contribution in [0.25, 0.3) is 0 Å². The normalized spacial score (nSPS) is 19.8. The molecule has 30 heavy (non-hydrogen) atoms. The van der Waals surface area contributed by atoms with Crippen LogP contribution in [-0.4, -0.2) is 65.2 Å². The summed E-state index contributed by atoms with van der Waals surface area (Å²) in [5, 5.41) is 11.5. The summed E-state index contributed by atoms with van der Waals surface area (Å²) in [6.45, 7) is 7.88. The highest BCUT2D eigenvalue weighted by atomic mass is 32.2. The van der Waals surface area contributed by atoms with Gasteiger partial charge < -0.3 is 5.11 Å². The Morgan fingerprint density at radius 2 is 1.87 bits per heavy atom. The first-order chi connectivity index (χ1) is 13.9. The van der Waals surface area contributed by atoms with Gasteiger partial charge in [0.25, 0.3) is 0 Å². The van der Waals surface area contributed by atoms with Gasteiger partial charge in [-0.2, -0.15) is 18.3 Å². The van der Waals surface area contributed by atoms with E-state index in [9.17, 15) is 21.6 Å². The molecule has 1 aromatic rings. The number of alkyl halides is 3. The maximum atomic E-state index is 11.6. The van der Waals surface area contributed by atoms with Crippen molar-refractivity contribution in [2.24, 2.45) is 5.41 Å². The van der Waals surface area contributed by atoms with E-state index in [1.807, 2.05) is 10.9 Å². The lowest BCUT2D eigenvalue weighted by atomic mass is 9.60. The van der Waals surface area contributed by atoms with Gasteiger partial charge in [-0.3, -0.25) is 9.58 Å². The zero-order valence-corrected chi connectivity index (χ0v) is 18.0. The van der Waals surface area contributed by atoms with Gasteiger partial charge in [0.2, 0.25) is 10.0 Å². The third-order valence-corrected chi connectivity index (χ3v) is 7.11. The average molecular weight is 455 g/mol. The Labute approximate surface area is 174 Å². The summed E-state index contributed by atoms with van der Waals surface area (Å²) in [4.78, 5) is 11.4. The number of piperidine rings is 1. The van der Waals surface area contributed by atoms with Crippen LogP contribution in [0.2, 0.25) is 0 Å². The standard InChI is InChI=1S/C16H28N4O2S.C2HF3O2/c1-3-20-13-14(11-17-20)12-19-7-5-16(6-8-19)9-15(10-16)18-23(21,22)4-2;3-2(4,5)1(6)7/h11,13,15,18H,3-10,12H2,1-2H3;(H,6,7). The predicted octanol–water partition coefficient (Wildman–Crippen LogP) is 2.22. The number of nitrogens with one attached hydrogen (secondary N) is 1. The lowest BCUT2D eigenvalue weighted by Crippen LogP contribution is -2.54. The SMILES string of the molecule is CCn1cc(CN2CCC3(CC2)CC(NS(=O)(=O)CC)C3)cn1.O=C(O)C(F)(F)F. The van der Waals surface area contributed by atoms with Gasteiger partial charge in [-0.25, -0.2) is 17.9 Å². The Kier molecular flexibility index (Phi) is 7.91. The molecule has 3 rings (SSSR count). The van der Waals surface area contributed by atoms with Gasteiger partial charge in [0.05, 0.1) is 11.9 Å². The number of hydrogen-bond acceptors (Lipinski definition) is 5. The number of carboxylic acid groups (broad SMARTS) is 1. The van der Waals surface area contributed by atoms with Crippen molar-refractivity contribution in [1.29, 1.82) is 0 Å². The van der Waals surface area contributed by atoms with Crippen molar-refractivity contribution in [2.45, 2.75) is 64.8 Å². The highest BCUT2D eigenvalue weighted by Gasteiger charge is 2.46. The highest BCUT2D eigenvalue weighted by Crippen LogP contribution is 2.49. The number of halogens is 3. The number of nitrogens with zero attached hydrogens (tertiary/aromatic N) is 3. The molecular formula is C18H29F3N4O4S. The average Bonchev–Trinajstić information content (AvgIpc) is 3.09. The molecule has 1 saturated heterocycles. The number of hydrogen-bond donors (Lipinski definition) is 2. The van der Waals surface area contributed by atoms with Crippen LogP contribution in [0.1, 0.15) is 45.1 Å². The number of aryl methyl sites for hydroxylation is 1. The summed E-state index contributed by atoms with van der Waals surface area (Å²) in [6.07, 6.45) is 3.39. The predicted molar refractivity (Wildman–Crippen MR) is 104 cm³/mol. The molecule has 1 saturated carbocycles. The van der Waals surface area contributed by atoms with Gasteiger partial charge in [0.15, 0.2) is 0 Å². The molecule has 0 amide bonds. The Balaban J connectivity index is 0.000000396. The first kappa shape index (κ1) is 24.6. The molecule has 0 aromatic carbocycles. The smallest absolute Gasteiger partial charge is 0.475 e. The zero-order valence-electron chi connectivity index (χ0n) is 17.2. The molecule has 1 aliphatic carbocycles. The Morgan fingerprint density at radius 1 is 1.30 bits per heavy atom. The summed E-state index contributed by atoms with van der Waals surface area (Å²) in [5.74, 6) is -2.58. The van der Waals surface area contributed by atoms with Crippen LogP contribution < -0.4 is 4.72 Å². The zero-order chi connectivity index (χ0) is 22.6. The van der Waals surface area contributed by atoms with E-state index in [0.29, 0.717) is 5.41 Å². The molecule has 1 spiro atoms. The van der Waals surface area contributed by atoms with Gasteiger partial charge in [-0.05, 0) is 58.0 Å². The van der Waals surface area contributed by atoms with Crippen LogP contribution in [0, 0.1) is 5.41 Å². The third kappa shape index (κ3) is 6.95. The van der Waals surface area contributed by atoms with E-state index in [1.165, 1.54) is 18.4 Å². The largest absolute Gasteiger partial charge is 0.490 e. The lowest BCUT2D eigenvalue weighted by molar-refractivity contribution is -0.192. The highest BCUT2D eigenvalue weighted by molar-refractivity contribution is 7.89. The molecule has 1 aromatic heterocycles. The van der Waals surface area contributed by atoms with E-state index < -0.39 is 22.2 Å². The summed E-state index contributed by atoms with van der Waals surface area (Å²) in [6, 6.07) is 0.161. The molecule has 2 N–H and O–H groups in total. The Morgan fingerprint density at radius 3 is 2.30 bits per heavy atom. The number of likely N-dealkylation sites (tertiary alicyclic amines) is 1. The molecular weight excluding hydrogens is 425 g/mol. The van der Waals surface area contributed by atoms with Crippen LogP contribution in [0.3, 0.4) is 0 Å². The van der Waals surface area contributed by atoms with Crippen molar-refractivity contribution in [3.05, 3.63) is 18.0 Å². The fraction of sp³-hybridized carbons (Fsp3) is 0.778. The van der Waals surface area contributed by atoms with Gasteiger partial charge in [-0.1, -0.05) is 0 Å². The molecule has 2 heterocycles. The molecule has 0 atom stereocenters. The quantitative estimate of drug-likeness (QED) is 0.683. The van der Waals surface area contributed by atoms with Gasteiger partial charge in [0.1, 0.15) is 0 Å². The van der Waals surface area contributed by atoms with Crippen molar-refractivity contribution in [3.63, 3.8) is 0 Å². The van der Waals surface area contributed by atoms with E-state index in [-0.39, 0.29) is 11.8 Å². The van der Waals surface area contributed by atoms with E-state index in [1.54, 1.807) is 6.92 Å². The molecule has 2 aliphatic rings. The summed E-state index contributed by atoms with van der Waals surface area (Å²) in [5.41, 5.74) is 1.66. The van der Waals surface area contributed by atoms with Crippen molar-refractivity contribution in [1.82, 2.24) is 19.4 Å². The van der Waals surface area contributed by atoms with Crippen LogP contribution in [-0.2, 0) is 27.9 Å². The van der Waals surface area contributed by atoms with Crippen molar-refractivity contribution in [3.8, 4) is 0 Å². The van der Waals surface area contributed by atoms with E-state index in [0.717, 1.165) is 39.0 Å². The third-order valence-electron chi connectivity index (χ3n) is 5.66. The minimum atomic E-state index is -5.08. The van der Waals surface area contributed by atoms with E-state index in [2.05, 4.69) is 27.8 Å². The topological polar surface area (TPSA) is 105 Å². The first-order valence-electron chi connectivity index (χ1n) is 9.92. The minimum Gasteiger partial charge on any atom is -0.475 e. The van der Waals surface area contributed by atoms with Crippen molar-refractivity contribution < 1.29 is 31.5 Å². The number of aliphatic carboxylic acids is 1. The summed E-state index contributed by atoms with van der Waals surface area (Å²) >= 11 is 0. The number of aromatic nitrogens is 2. The molecule has 0 bridgehead atoms. The van der Waals surface area contributed by atoms with Gasteiger partial charge >= 0.3 is 12.1 Å². The number of sulfonamides is 1. The Bertz CT molecular complexity index is 810. The van der Waals surface area contributed by atoms with Crippen LogP contribution in [0.15, 0.2) is 12.4 Å². The maximum Gasteiger partial charge on any atom is 0.490 e. The number of rotatable bonds is 6. The maximum absolute atomic E-state index is 11.6. The van der Waals surface area contributed by atoms with Crippen molar-refractivity contribution in [2.75, 3.05) is 18.8 Å². The monoisotopic (exact) mass is 454 g/mol. The summed E-state index contributed by atoms with van der Waals surface area (Å²) in [7, 11) is -3.06. The number of carbonyl (C=O) groups is 1. The Hall–Kier alpha value is -1.66. The molecule has 1 aliphatic heterocycles. The summed E-state index contributed by atoms with van der Waals surface area (Å²) < 4.78 is 59.8. The molecule has 2 fully saturated rings. The van der Waals surface area contributed by atoms with Crippen LogP contribution >= 0.6 is 0 Å². The van der Waals surface area contributed by atoms with Gasteiger partial charge in [-0.15, -0.1) is 0 Å². The van der Waals surface area contributed by atoms with Crippen molar-refractivity contribution >= 4 is 16.0 Å².